The van der Waals surface area contributed by atoms with E-state index in [-0.39, 0.29) is 23.8 Å². The van der Waals surface area contributed by atoms with Gasteiger partial charge in [0, 0.05) is 25.3 Å². The van der Waals surface area contributed by atoms with Gasteiger partial charge in [-0.25, -0.2) is 0 Å². The highest BCUT2D eigenvalue weighted by atomic mass is 35.5. The lowest BCUT2D eigenvalue weighted by Crippen LogP contribution is -2.39. The number of carbonyl (C=O) groups excluding carboxylic acids is 2. The molecule has 1 aromatic carbocycles. The highest BCUT2D eigenvalue weighted by Gasteiger charge is 2.39. The van der Waals surface area contributed by atoms with Gasteiger partial charge in [0.25, 0.3) is 5.91 Å². The molecule has 0 bridgehead atoms. The third kappa shape index (κ3) is 3.81. The summed E-state index contributed by atoms with van der Waals surface area (Å²) in [6, 6.07) is 9.56. The first-order valence-corrected chi connectivity index (χ1v) is 10.8. The van der Waals surface area contributed by atoms with Gasteiger partial charge in [0.05, 0.1) is 21.2 Å². The summed E-state index contributed by atoms with van der Waals surface area (Å²) in [7, 11) is 2.15. The third-order valence-corrected chi connectivity index (χ3v) is 7.01. The van der Waals surface area contributed by atoms with E-state index in [9.17, 15) is 9.59 Å². The minimum Gasteiger partial charge on any atom is -0.346 e. The Kier molecular flexibility index (Phi) is 5.45. The number of likely N-dealkylation sites (N-methyl/N-ethyl adjacent to an activating group) is 1. The molecule has 1 N–H and O–H groups in total. The number of hydrogen-bond donors (Lipinski definition) is 1. The van der Waals surface area contributed by atoms with Gasteiger partial charge in [0.2, 0.25) is 5.91 Å². The summed E-state index contributed by atoms with van der Waals surface area (Å²) in [4.78, 5) is 30.1. The summed E-state index contributed by atoms with van der Waals surface area (Å²) in [5, 5.41) is 3.01. The van der Waals surface area contributed by atoms with Crippen molar-refractivity contribution in [2.45, 2.75) is 25.8 Å². The van der Waals surface area contributed by atoms with E-state index in [0.717, 1.165) is 31.6 Å². The maximum atomic E-state index is 12.9. The SMILES string of the molecule is C[C@H]1C(=O)N(c2ccc3c(c2)CCN(C)CC3)C[C@@H]1NC(=O)c1ccc(Cl)s1. The smallest absolute Gasteiger partial charge is 0.261 e. The molecule has 2 aliphatic rings. The molecule has 7 heteroatoms. The Balaban J connectivity index is 1.50. The quantitative estimate of drug-likeness (QED) is 0.834. The van der Waals surface area contributed by atoms with E-state index in [0.29, 0.717) is 15.8 Å². The summed E-state index contributed by atoms with van der Waals surface area (Å²) < 4.78 is 0.581. The van der Waals surface area contributed by atoms with Crippen LogP contribution in [0.5, 0.6) is 0 Å². The van der Waals surface area contributed by atoms with Gasteiger partial charge in [0.1, 0.15) is 0 Å². The lowest BCUT2D eigenvalue weighted by molar-refractivity contribution is -0.120. The molecule has 4 rings (SSSR count). The Hall–Kier alpha value is -1.89. The molecule has 0 spiro atoms. The van der Waals surface area contributed by atoms with E-state index in [4.69, 9.17) is 11.6 Å². The topological polar surface area (TPSA) is 52.7 Å². The van der Waals surface area contributed by atoms with E-state index in [1.165, 1.54) is 22.5 Å². The molecular weight excluding hydrogens is 394 g/mol. The van der Waals surface area contributed by atoms with Crippen LogP contribution < -0.4 is 10.2 Å². The van der Waals surface area contributed by atoms with Crippen LogP contribution in [0, 0.1) is 5.92 Å². The molecule has 1 fully saturated rings. The molecule has 0 aliphatic carbocycles. The molecule has 148 valence electrons. The van der Waals surface area contributed by atoms with Crippen molar-refractivity contribution in [3.05, 3.63) is 50.7 Å². The van der Waals surface area contributed by atoms with Crippen LogP contribution >= 0.6 is 22.9 Å². The van der Waals surface area contributed by atoms with Gasteiger partial charge in [-0.1, -0.05) is 24.6 Å². The minimum atomic E-state index is -0.260. The van der Waals surface area contributed by atoms with Gasteiger partial charge in [-0.05, 0) is 55.3 Å². The number of carbonyl (C=O) groups is 2. The van der Waals surface area contributed by atoms with Gasteiger partial charge in [-0.2, -0.15) is 0 Å². The standard InChI is InChI=1S/C21H24ClN3O2S/c1-13-17(23-20(26)18-5-6-19(22)28-18)12-25(21(13)27)16-4-3-14-7-9-24(2)10-8-15(14)11-16/h3-6,11,13,17H,7-10,12H2,1-2H3,(H,23,26)/t13-,17+/m1/s1. The van der Waals surface area contributed by atoms with Gasteiger partial charge in [-0.15, -0.1) is 11.3 Å². The second-order valence-electron chi connectivity index (χ2n) is 7.68. The Labute approximate surface area is 174 Å². The average molecular weight is 418 g/mol. The van der Waals surface area contributed by atoms with Crippen molar-refractivity contribution in [3.63, 3.8) is 0 Å². The molecule has 3 heterocycles. The molecule has 0 saturated carbocycles. The van der Waals surface area contributed by atoms with Gasteiger partial charge in [-0.3, -0.25) is 9.59 Å². The highest BCUT2D eigenvalue weighted by molar-refractivity contribution is 7.18. The van der Waals surface area contributed by atoms with Crippen LogP contribution in [0.25, 0.3) is 0 Å². The largest absolute Gasteiger partial charge is 0.346 e. The monoisotopic (exact) mass is 417 g/mol. The normalized spacial score (nSPS) is 22.8. The molecule has 0 radical (unpaired) electrons. The Morgan fingerprint density at radius 3 is 2.64 bits per heavy atom. The van der Waals surface area contributed by atoms with Crippen molar-refractivity contribution < 1.29 is 9.59 Å². The molecule has 1 aromatic heterocycles. The zero-order valence-corrected chi connectivity index (χ0v) is 17.6. The third-order valence-electron chi connectivity index (χ3n) is 5.78. The number of fused-ring (bicyclic) bond motifs is 1. The summed E-state index contributed by atoms with van der Waals surface area (Å²) in [6.45, 7) is 4.46. The summed E-state index contributed by atoms with van der Waals surface area (Å²) in [5.74, 6) is -0.377. The molecule has 28 heavy (non-hydrogen) atoms. The number of nitrogens with one attached hydrogen (secondary N) is 1. The van der Waals surface area contributed by atoms with Crippen LogP contribution in [0.2, 0.25) is 4.34 Å². The fourth-order valence-corrected chi connectivity index (χ4v) is 4.88. The van der Waals surface area contributed by atoms with Crippen molar-refractivity contribution in [1.29, 1.82) is 0 Å². The minimum absolute atomic E-state index is 0.0557. The van der Waals surface area contributed by atoms with Crippen molar-refractivity contribution in [3.8, 4) is 0 Å². The zero-order valence-electron chi connectivity index (χ0n) is 16.1. The predicted octanol–water partition coefficient (Wildman–Crippen LogP) is 3.21. The van der Waals surface area contributed by atoms with Gasteiger partial charge < -0.3 is 15.1 Å². The van der Waals surface area contributed by atoms with Crippen molar-refractivity contribution >= 4 is 40.4 Å². The van der Waals surface area contributed by atoms with Crippen LogP contribution in [0.4, 0.5) is 5.69 Å². The predicted molar refractivity (Wildman–Crippen MR) is 113 cm³/mol. The number of anilines is 1. The summed E-state index contributed by atoms with van der Waals surface area (Å²) in [6.07, 6.45) is 2.04. The number of amides is 2. The van der Waals surface area contributed by atoms with Crippen LogP contribution in [0.3, 0.4) is 0 Å². The molecule has 2 atom stereocenters. The number of halogens is 1. The molecule has 2 aliphatic heterocycles. The van der Waals surface area contributed by atoms with Gasteiger partial charge in [0.15, 0.2) is 0 Å². The van der Waals surface area contributed by atoms with Crippen LogP contribution in [0.15, 0.2) is 30.3 Å². The van der Waals surface area contributed by atoms with Crippen LogP contribution in [-0.4, -0.2) is 49.4 Å². The molecule has 0 unspecified atom stereocenters. The zero-order chi connectivity index (χ0) is 19.8. The maximum absolute atomic E-state index is 12.9. The van der Waals surface area contributed by atoms with E-state index in [1.807, 2.05) is 17.9 Å². The summed E-state index contributed by atoms with van der Waals surface area (Å²) in [5.41, 5.74) is 3.62. The number of thiophene rings is 1. The van der Waals surface area contributed by atoms with Crippen molar-refractivity contribution in [2.24, 2.45) is 5.92 Å². The first-order chi connectivity index (χ1) is 13.4. The summed E-state index contributed by atoms with van der Waals surface area (Å²) >= 11 is 7.17. The number of benzene rings is 1. The molecule has 2 amide bonds. The van der Waals surface area contributed by atoms with E-state index in [1.54, 1.807) is 12.1 Å². The van der Waals surface area contributed by atoms with E-state index < -0.39 is 0 Å². The van der Waals surface area contributed by atoms with E-state index >= 15 is 0 Å². The van der Waals surface area contributed by atoms with Crippen molar-refractivity contribution in [1.82, 2.24) is 10.2 Å². The van der Waals surface area contributed by atoms with Crippen LogP contribution in [-0.2, 0) is 17.6 Å². The second-order valence-corrected chi connectivity index (χ2v) is 9.39. The van der Waals surface area contributed by atoms with Gasteiger partial charge >= 0.3 is 0 Å². The second kappa shape index (κ2) is 7.85. The number of nitrogens with zero attached hydrogens (tertiary/aromatic N) is 2. The average Bonchev–Trinajstić information content (AvgIpc) is 3.17. The highest BCUT2D eigenvalue weighted by Crippen LogP contribution is 2.29. The van der Waals surface area contributed by atoms with Crippen molar-refractivity contribution in [2.75, 3.05) is 31.6 Å². The first kappa shape index (κ1) is 19.4. The fraction of sp³-hybridized carbons (Fsp3) is 0.429. The molecule has 1 saturated heterocycles. The molecular formula is C21H24ClN3O2S. The Bertz CT molecular complexity index is 913. The number of rotatable bonds is 3. The molecule has 5 nitrogen and oxygen atoms in total. The Morgan fingerprint density at radius 2 is 1.93 bits per heavy atom. The lowest BCUT2D eigenvalue weighted by atomic mass is 10.0. The number of hydrogen-bond acceptors (Lipinski definition) is 4. The fourth-order valence-electron chi connectivity index (χ4n) is 3.93. The van der Waals surface area contributed by atoms with Crippen LogP contribution in [0.1, 0.15) is 27.7 Å². The Morgan fingerprint density at radius 1 is 1.18 bits per heavy atom. The van der Waals surface area contributed by atoms with E-state index in [2.05, 4.69) is 29.4 Å². The lowest BCUT2D eigenvalue weighted by Gasteiger charge is -2.19. The maximum Gasteiger partial charge on any atom is 0.261 e. The first-order valence-electron chi connectivity index (χ1n) is 9.60. The molecule has 2 aromatic rings.